The van der Waals surface area contributed by atoms with Gasteiger partial charge in [-0.15, -0.1) is 11.3 Å². The Labute approximate surface area is 121 Å². The second kappa shape index (κ2) is 5.21. The van der Waals surface area contributed by atoms with Gasteiger partial charge in [0.1, 0.15) is 10.7 Å². The Morgan fingerprint density at radius 1 is 1.15 bits per heavy atom. The van der Waals surface area contributed by atoms with Crippen molar-refractivity contribution in [3.8, 4) is 11.1 Å². The molecule has 0 amide bonds. The fraction of sp³-hybridized carbons (Fsp3) is 0.250. The second-order valence-electron chi connectivity index (χ2n) is 4.75. The van der Waals surface area contributed by atoms with E-state index in [9.17, 15) is 4.79 Å². The highest BCUT2D eigenvalue weighted by molar-refractivity contribution is 7.17. The van der Waals surface area contributed by atoms with Gasteiger partial charge in [0.25, 0.3) is 5.56 Å². The standard InChI is InChI=1S/C16H16N2OS/c1-3-10-5-7-11(8-6-10)12-9-20-16-14(12)15(19)17-13(4-2)18-16/h5-9H,3-4H2,1-2H3,(H,17,18,19). The Balaban J connectivity index is 2.19. The Morgan fingerprint density at radius 2 is 1.90 bits per heavy atom. The average molecular weight is 284 g/mol. The molecule has 102 valence electrons. The number of aryl methyl sites for hydroxylation is 2. The van der Waals surface area contributed by atoms with Gasteiger partial charge in [-0.25, -0.2) is 4.98 Å². The molecule has 20 heavy (non-hydrogen) atoms. The molecule has 2 aromatic heterocycles. The third kappa shape index (κ3) is 2.16. The summed E-state index contributed by atoms with van der Waals surface area (Å²) in [7, 11) is 0. The highest BCUT2D eigenvalue weighted by Crippen LogP contribution is 2.30. The van der Waals surface area contributed by atoms with E-state index in [2.05, 4.69) is 41.2 Å². The maximum Gasteiger partial charge on any atom is 0.260 e. The zero-order chi connectivity index (χ0) is 14.1. The Hall–Kier alpha value is -1.94. The third-order valence-electron chi connectivity index (χ3n) is 3.50. The summed E-state index contributed by atoms with van der Waals surface area (Å²) in [6, 6.07) is 8.38. The first-order valence-electron chi connectivity index (χ1n) is 6.82. The van der Waals surface area contributed by atoms with Gasteiger partial charge in [0, 0.05) is 17.4 Å². The van der Waals surface area contributed by atoms with Gasteiger partial charge in [-0.1, -0.05) is 38.1 Å². The molecule has 1 N–H and O–H groups in total. The average Bonchev–Trinajstić information content (AvgIpc) is 2.91. The van der Waals surface area contributed by atoms with E-state index in [1.54, 1.807) is 0 Å². The number of nitrogens with zero attached hydrogens (tertiary/aromatic N) is 1. The number of benzene rings is 1. The predicted octanol–water partition coefficient (Wildman–Crippen LogP) is 3.78. The summed E-state index contributed by atoms with van der Waals surface area (Å²) in [5.41, 5.74) is 3.31. The zero-order valence-electron chi connectivity index (χ0n) is 11.6. The van der Waals surface area contributed by atoms with Gasteiger partial charge in [-0.3, -0.25) is 4.79 Å². The van der Waals surface area contributed by atoms with Crippen LogP contribution in [0.5, 0.6) is 0 Å². The summed E-state index contributed by atoms with van der Waals surface area (Å²) in [6.45, 7) is 4.12. The van der Waals surface area contributed by atoms with Crippen LogP contribution < -0.4 is 5.56 Å². The first kappa shape index (κ1) is 13.1. The van der Waals surface area contributed by atoms with Gasteiger partial charge in [-0.2, -0.15) is 0 Å². The minimum absolute atomic E-state index is 0.0392. The number of aromatic nitrogens is 2. The fourth-order valence-electron chi connectivity index (χ4n) is 2.29. The molecule has 0 fully saturated rings. The van der Waals surface area contributed by atoms with E-state index < -0.39 is 0 Å². The van der Waals surface area contributed by atoms with Crippen molar-refractivity contribution in [1.29, 1.82) is 0 Å². The lowest BCUT2D eigenvalue weighted by Crippen LogP contribution is -2.10. The summed E-state index contributed by atoms with van der Waals surface area (Å²) in [6.07, 6.45) is 1.76. The van der Waals surface area contributed by atoms with Crippen LogP contribution in [0.15, 0.2) is 34.4 Å². The monoisotopic (exact) mass is 284 g/mol. The molecule has 0 spiro atoms. The van der Waals surface area contributed by atoms with Crippen molar-refractivity contribution in [2.24, 2.45) is 0 Å². The van der Waals surface area contributed by atoms with Crippen LogP contribution in [0.1, 0.15) is 25.2 Å². The smallest absolute Gasteiger partial charge is 0.260 e. The first-order valence-corrected chi connectivity index (χ1v) is 7.70. The van der Waals surface area contributed by atoms with Gasteiger partial charge in [0.05, 0.1) is 5.39 Å². The minimum Gasteiger partial charge on any atom is -0.310 e. The van der Waals surface area contributed by atoms with Crippen LogP contribution in [-0.4, -0.2) is 9.97 Å². The lowest BCUT2D eigenvalue weighted by Gasteiger charge is -2.02. The largest absolute Gasteiger partial charge is 0.310 e. The van der Waals surface area contributed by atoms with Crippen molar-refractivity contribution >= 4 is 21.6 Å². The Bertz CT molecular complexity index is 799. The Kier molecular flexibility index (Phi) is 3.40. The number of nitrogens with one attached hydrogen (secondary N) is 1. The van der Waals surface area contributed by atoms with Gasteiger partial charge in [0.15, 0.2) is 0 Å². The molecule has 4 heteroatoms. The van der Waals surface area contributed by atoms with Crippen LogP contribution >= 0.6 is 11.3 Å². The number of fused-ring (bicyclic) bond motifs is 1. The SMILES string of the molecule is CCc1ccc(-c2csc3nc(CC)[nH]c(=O)c23)cc1. The summed E-state index contributed by atoms with van der Waals surface area (Å²) >= 11 is 1.53. The van der Waals surface area contributed by atoms with E-state index in [0.29, 0.717) is 5.39 Å². The number of aromatic amines is 1. The summed E-state index contributed by atoms with van der Waals surface area (Å²) < 4.78 is 0. The highest BCUT2D eigenvalue weighted by Gasteiger charge is 2.12. The molecular weight excluding hydrogens is 268 g/mol. The molecule has 1 aromatic carbocycles. The van der Waals surface area contributed by atoms with Crippen LogP contribution in [-0.2, 0) is 12.8 Å². The summed E-state index contributed by atoms with van der Waals surface area (Å²) in [5, 5.41) is 2.73. The van der Waals surface area contributed by atoms with E-state index in [1.165, 1.54) is 16.9 Å². The molecule has 0 unspecified atom stereocenters. The van der Waals surface area contributed by atoms with E-state index in [-0.39, 0.29) is 5.56 Å². The van der Waals surface area contributed by atoms with Gasteiger partial charge >= 0.3 is 0 Å². The van der Waals surface area contributed by atoms with Crippen molar-refractivity contribution in [2.75, 3.05) is 0 Å². The zero-order valence-corrected chi connectivity index (χ0v) is 12.4. The lowest BCUT2D eigenvalue weighted by molar-refractivity contribution is 0.948. The number of thiophene rings is 1. The van der Waals surface area contributed by atoms with Crippen LogP contribution in [0, 0.1) is 0 Å². The molecule has 0 saturated carbocycles. The quantitative estimate of drug-likeness (QED) is 0.795. The normalized spacial score (nSPS) is 11.1. The molecule has 0 aliphatic heterocycles. The van der Waals surface area contributed by atoms with E-state index in [4.69, 9.17) is 0 Å². The maximum absolute atomic E-state index is 12.2. The molecule has 0 aliphatic rings. The minimum atomic E-state index is -0.0392. The third-order valence-corrected chi connectivity index (χ3v) is 4.37. The van der Waals surface area contributed by atoms with Crippen molar-refractivity contribution in [3.05, 3.63) is 51.4 Å². The topological polar surface area (TPSA) is 45.8 Å². The van der Waals surface area contributed by atoms with Crippen LogP contribution in [0.3, 0.4) is 0 Å². The molecule has 0 radical (unpaired) electrons. The molecule has 0 bridgehead atoms. The van der Waals surface area contributed by atoms with Gasteiger partial charge in [0.2, 0.25) is 0 Å². The molecular formula is C16H16N2OS. The van der Waals surface area contributed by atoms with E-state index >= 15 is 0 Å². The van der Waals surface area contributed by atoms with Crippen molar-refractivity contribution in [3.63, 3.8) is 0 Å². The van der Waals surface area contributed by atoms with Gasteiger partial charge in [-0.05, 0) is 17.5 Å². The molecule has 0 saturated heterocycles. The molecule has 3 aromatic rings. The maximum atomic E-state index is 12.2. The van der Waals surface area contributed by atoms with E-state index in [1.807, 2.05) is 12.3 Å². The molecule has 0 aliphatic carbocycles. The predicted molar refractivity (Wildman–Crippen MR) is 84.4 cm³/mol. The number of hydrogen-bond donors (Lipinski definition) is 1. The highest BCUT2D eigenvalue weighted by atomic mass is 32.1. The fourth-order valence-corrected chi connectivity index (χ4v) is 3.26. The van der Waals surface area contributed by atoms with Crippen molar-refractivity contribution in [1.82, 2.24) is 9.97 Å². The summed E-state index contributed by atoms with van der Waals surface area (Å²) in [4.78, 5) is 20.4. The van der Waals surface area contributed by atoms with E-state index in [0.717, 1.165) is 34.6 Å². The molecule has 0 atom stereocenters. The van der Waals surface area contributed by atoms with Crippen LogP contribution in [0.25, 0.3) is 21.3 Å². The van der Waals surface area contributed by atoms with Crippen LogP contribution in [0.4, 0.5) is 0 Å². The van der Waals surface area contributed by atoms with Crippen LogP contribution in [0.2, 0.25) is 0 Å². The molecule has 2 heterocycles. The Morgan fingerprint density at radius 3 is 2.55 bits per heavy atom. The van der Waals surface area contributed by atoms with Crippen molar-refractivity contribution < 1.29 is 0 Å². The molecule has 3 rings (SSSR count). The second-order valence-corrected chi connectivity index (χ2v) is 5.60. The lowest BCUT2D eigenvalue weighted by atomic mass is 10.0. The number of hydrogen-bond acceptors (Lipinski definition) is 3. The first-order chi connectivity index (χ1) is 9.72. The summed E-state index contributed by atoms with van der Waals surface area (Å²) in [5.74, 6) is 0.747. The number of H-pyrrole nitrogens is 1. The van der Waals surface area contributed by atoms with Gasteiger partial charge < -0.3 is 4.98 Å². The number of rotatable bonds is 3. The van der Waals surface area contributed by atoms with Crippen molar-refractivity contribution in [2.45, 2.75) is 26.7 Å². The molecule has 3 nitrogen and oxygen atoms in total.